The van der Waals surface area contributed by atoms with Gasteiger partial charge in [-0.15, -0.1) is 0 Å². The van der Waals surface area contributed by atoms with Crippen LogP contribution in [0.25, 0.3) is 17.0 Å². The third-order valence-electron chi connectivity index (χ3n) is 6.98. The maximum atomic E-state index is 13.2. The number of aromatic nitrogens is 1. The Morgan fingerprint density at radius 3 is 2.57 bits per heavy atom. The number of amides is 2. The van der Waals surface area contributed by atoms with Crippen molar-refractivity contribution in [1.82, 2.24) is 19.3 Å². The number of hydrogen-bond donors (Lipinski definition) is 0. The molecule has 35 heavy (non-hydrogen) atoms. The van der Waals surface area contributed by atoms with Crippen LogP contribution in [0.15, 0.2) is 30.1 Å². The molecule has 0 bridgehead atoms. The first kappa shape index (κ1) is 24.9. The molecule has 0 aliphatic carbocycles. The lowest BCUT2D eigenvalue weighted by atomic mass is 9.99. The number of hydrogen-bond acceptors (Lipinski definition) is 5. The third-order valence-corrected chi connectivity index (χ3v) is 7.47. The number of ether oxygens (including phenoxy) is 1. The average molecular weight is 497 g/mol. The van der Waals surface area contributed by atoms with Gasteiger partial charge in [-0.05, 0) is 49.0 Å². The number of carbonyl (C=O) groups is 3. The van der Waals surface area contributed by atoms with Crippen molar-refractivity contribution >= 4 is 52.1 Å². The lowest BCUT2D eigenvalue weighted by molar-refractivity contribution is -0.140. The highest BCUT2D eigenvalue weighted by Crippen LogP contribution is 2.30. The summed E-state index contributed by atoms with van der Waals surface area (Å²) in [6.45, 7) is 5.98. The predicted molar refractivity (Wildman–Crippen MR) is 138 cm³/mol. The molecule has 2 saturated heterocycles. The minimum absolute atomic E-state index is 0.101. The predicted octanol–water partition coefficient (Wildman–Crippen LogP) is 3.04. The van der Waals surface area contributed by atoms with Gasteiger partial charge in [-0.1, -0.05) is 32.0 Å². The van der Waals surface area contributed by atoms with E-state index in [1.165, 1.54) is 16.9 Å². The molecule has 0 saturated carbocycles. The SMILES string of the molecule is CCc1cccc2c(/C=C3/C(=O)N(C)C(=S)N3CC(=O)OC)cn(CC(=O)N3CCC(C)CC3)c12. The third kappa shape index (κ3) is 4.82. The van der Waals surface area contributed by atoms with E-state index >= 15 is 0 Å². The summed E-state index contributed by atoms with van der Waals surface area (Å²) in [5.41, 5.74) is 3.22. The van der Waals surface area contributed by atoms with Crippen LogP contribution in [0.1, 0.15) is 37.8 Å². The number of nitrogens with zero attached hydrogens (tertiary/aromatic N) is 4. The Labute approximate surface area is 211 Å². The molecule has 9 heteroatoms. The van der Waals surface area contributed by atoms with Crippen molar-refractivity contribution in [2.45, 2.75) is 39.7 Å². The number of rotatable bonds is 6. The largest absolute Gasteiger partial charge is 0.468 e. The first-order chi connectivity index (χ1) is 16.7. The fourth-order valence-corrected chi connectivity index (χ4v) is 5.03. The van der Waals surface area contributed by atoms with Crippen molar-refractivity contribution in [3.8, 4) is 0 Å². The molecule has 2 aliphatic heterocycles. The number of piperidine rings is 1. The molecule has 1 aromatic heterocycles. The van der Waals surface area contributed by atoms with E-state index in [2.05, 4.69) is 19.9 Å². The van der Waals surface area contributed by atoms with Gasteiger partial charge in [0.2, 0.25) is 5.91 Å². The van der Waals surface area contributed by atoms with Crippen molar-refractivity contribution in [1.29, 1.82) is 0 Å². The summed E-state index contributed by atoms with van der Waals surface area (Å²) in [6, 6.07) is 6.05. The summed E-state index contributed by atoms with van der Waals surface area (Å²) in [5.74, 6) is -0.0231. The molecular formula is C26H32N4O4S. The molecule has 3 heterocycles. The number of aryl methyl sites for hydroxylation is 1. The zero-order chi connectivity index (χ0) is 25.3. The van der Waals surface area contributed by atoms with E-state index in [4.69, 9.17) is 17.0 Å². The zero-order valence-electron chi connectivity index (χ0n) is 20.7. The number of fused-ring (bicyclic) bond motifs is 1. The van der Waals surface area contributed by atoms with Crippen LogP contribution in [0.2, 0.25) is 0 Å². The topological polar surface area (TPSA) is 75.1 Å². The Balaban J connectivity index is 1.75. The van der Waals surface area contributed by atoms with Gasteiger partial charge in [-0.3, -0.25) is 19.3 Å². The second kappa shape index (κ2) is 10.2. The molecular weight excluding hydrogens is 464 g/mol. The standard InChI is InChI=1S/C26H32N4O4S/c1-5-18-7-6-8-20-19(13-21-25(33)27(3)26(35)30(21)16-23(32)34-4)14-29(24(18)20)15-22(31)28-11-9-17(2)10-12-28/h6-8,13-14,17H,5,9-12,15-16H2,1-4H3/b21-13-. The molecule has 2 aromatic rings. The van der Waals surface area contributed by atoms with Gasteiger partial charge in [0.25, 0.3) is 5.91 Å². The zero-order valence-corrected chi connectivity index (χ0v) is 21.6. The van der Waals surface area contributed by atoms with Crippen LogP contribution in [-0.4, -0.2) is 76.0 Å². The molecule has 4 rings (SSSR count). The molecule has 0 radical (unpaired) electrons. The van der Waals surface area contributed by atoms with Crippen LogP contribution in [0.4, 0.5) is 0 Å². The fourth-order valence-electron chi connectivity index (χ4n) is 4.79. The minimum atomic E-state index is -0.488. The van der Waals surface area contributed by atoms with E-state index in [0.717, 1.165) is 54.4 Å². The van der Waals surface area contributed by atoms with Crippen LogP contribution in [0.3, 0.4) is 0 Å². The Bertz CT molecular complexity index is 1210. The normalized spacial score (nSPS) is 18.3. The summed E-state index contributed by atoms with van der Waals surface area (Å²) < 4.78 is 6.79. The van der Waals surface area contributed by atoms with Crippen LogP contribution in [0, 0.1) is 5.92 Å². The number of likely N-dealkylation sites (tertiary alicyclic amines) is 1. The number of esters is 1. The number of carbonyl (C=O) groups excluding carboxylic acids is 3. The average Bonchev–Trinajstić information content (AvgIpc) is 3.30. The van der Waals surface area contributed by atoms with Gasteiger partial charge in [0, 0.05) is 37.3 Å². The number of likely N-dealkylation sites (N-methyl/N-ethyl adjacent to an activating group) is 1. The van der Waals surface area contributed by atoms with Crippen molar-refractivity contribution < 1.29 is 19.1 Å². The fraction of sp³-hybridized carbons (Fsp3) is 0.462. The summed E-state index contributed by atoms with van der Waals surface area (Å²) in [4.78, 5) is 42.9. The molecule has 1 aromatic carbocycles. The van der Waals surface area contributed by atoms with Crippen molar-refractivity contribution in [2.75, 3.05) is 33.8 Å². The van der Waals surface area contributed by atoms with Crippen molar-refractivity contribution in [3.63, 3.8) is 0 Å². The number of para-hydroxylation sites is 1. The maximum Gasteiger partial charge on any atom is 0.325 e. The van der Waals surface area contributed by atoms with Gasteiger partial charge in [0.15, 0.2) is 5.11 Å². The van der Waals surface area contributed by atoms with Crippen LogP contribution in [-0.2, 0) is 32.1 Å². The quantitative estimate of drug-likeness (QED) is 0.348. The lowest BCUT2D eigenvalue weighted by Crippen LogP contribution is -2.39. The van der Waals surface area contributed by atoms with E-state index in [-0.39, 0.29) is 30.0 Å². The molecule has 0 unspecified atom stereocenters. The van der Waals surface area contributed by atoms with E-state index in [0.29, 0.717) is 11.6 Å². The lowest BCUT2D eigenvalue weighted by Gasteiger charge is -2.30. The van der Waals surface area contributed by atoms with E-state index < -0.39 is 5.97 Å². The summed E-state index contributed by atoms with van der Waals surface area (Å²) >= 11 is 5.41. The second-order valence-electron chi connectivity index (χ2n) is 9.28. The van der Waals surface area contributed by atoms with Crippen molar-refractivity contribution in [2.24, 2.45) is 5.92 Å². The highest BCUT2D eigenvalue weighted by atomic mass is 32.1. The number of methoxy groups -OCH3 is 1. The van der Waals surface area contributed by atoms with Crippen LogP contribution in [0.5, 0.6) is 0 Å². The Morgan fingerprint density at radius 2 is 1.91 bits per heavy atom. The van der Waals surface area contributed by atoms with E-state index in [9.17, 15) is 14.4 Å². The number of benzene rings is 1. The molecule has 0 atom stereocenters. The van der Waals surface area contributed by atoms with Gasteiger partial charge in [0.05, 0.1) is 12.6 Å². The summed E-state index contributed by atoms with van der Waals surface area (Å²) in [7, 11) is 2.89. The van der Waals surface area contributed by atoms with Gasteiger partial charge in [-0.2, -0.15) is 0 Å². The van der Waals surface area contributed by atoms with Gasteiger partial charge < -0.3 is 19.1 Å². The van der Waals surface area contributed by atoms with E-state index in [1.807, 2.05) is 27.8 Å². The molecule has 0 spiro atoms. The molecule has 2 fully saturated rings. The summed E-state index contributed by atoms with van der Waals surface area (Å²) in [5, 5.41) is 1.20. The smallest absolute Gasteiger partial charge is 0.325 e. The van der Waals surface area contributed by atoms with Crippen LogP contribution >= 0.6 is 12.2 Å². The Hall–Kier alpha value is -3.20. The highest BCUT2D eigenvalue weighted by molar-refractivity contribution is 7.80. The van der Waals surface area contributed by atoms with E-state index in [1.54, 1.807) is 13.1 Å². The first-order valence-electron chi connectivity index (χ1n) is 12.0. The van der Waals surface area contributed by atoms with Crippen molar-refractivity contribution in [3.05, 3.63) is 41.2 Å². The minimum Gasteiger partial charge on any atom is -0.468 e. The molecule has 2 amide bonds. The molecule has 8 nitrogen and oxygen atoms in total. The first-order valence-corrected chi connectivity index (χ1v) is 12.4. The Kier molecular flexibility index (Phi) is 7.25. The highest BCUT2D eigenvalue weighted by Gasteiger charge is 2.37. The van der Waals surface area contributed by atoms with Gasteiger partial charge in [0.1, 0.15) is 18.8 Å². The maximum absolute atomic E-state index is 13.2. The monoisotopic (exact) mass is 496 g/mol. The van der Waals surface area contributed by atoms with Gasteiger partial charge in [-0.25, -0.2) is 0 Å². The number of thiocarbonyl (C=S) groups is 1. The summed E-state index contributed by atoms with van der Waals surface area (Å²) in [6.07, 6.45) is 6.55. The Morgan fingerprint density at radius 1 is 1.20 bits per heavy atom. The molecule has 2 aliphatic rings. The van der Waals surface area contributed by atoms with Gasteiger partial charge >= 0.3 is 5.97 Å². The molecule has 186 valence electrons. The van der Waals surface area contributed by atoms with Crippen LogP contribution < -0.4 is 0 Å². The molecule has 0 N–H and O–H groups in total. The second-order valence-corrected chi connectivity index (χ2v) is 9.65.